The minimum atomic E-state index is 0. The summed E-state index contributed by atoms with van der Waals surface area (Å²) < 4.78 is 0. The fraction of sp³-hybridized carbons (Fsp3) is 0. The van der Waals surface area contributed by atoms with E-state index in [2.05, 4.69) is 0 Å². The number of hydrogen-bond donors (Lipinski definition) is 0. The molecule has 0 unspecified atom stereocenters. The Morgan fingerprint density at radius 3 is 0.333 bits per heavy atom. The van der Waals surface area contributed by atoms with Crippen molar-refractivity contribution in [2.75, 3.05) is 0 Å². The van der Waals surface area contributed by atoms with E-state index >= 15 is 0 Å². The summed E-state index contributed by atoms with van der Waals surface area (Å²) in [7, 11) is 0. The van der Waals surface area contributed by atoms with Gasteiger partial charge in [0.25, 0.3) is 0 Å². The maximum Gasteiger partial charge on any atom is 3.00 e. The Kier molecular flexibility index (Phi) is 4990. The zero-order valence-corrected chi connectivity index (χ0v) is 8.70. The third kappa shape index (κ3) is 145. The van der Waals surface area contributed by atoms with Crippen LogP contribution >= 0.6 is 0 Å². The molecule has 0 aromatic carbocycles. The quantitative estimate of drug-likeness (QED) is 0.475. The molecule has 0 spiro atoms. The van der Waals surface area contributed by atoms with Crippen LogP contribution in [-0.4, -0.2) is 0 Å². The molecule has 0 aliphatic heterocycles. The SMILES string of the molecule is [Fe+3].[Fe+3].[O-2].[O-2].[O-2].[O-2].[O-2].[Pd+2].[Pd+2]. The molecule has 2 radical (unpaired) electrons. The van der Waals surface area contributed by atoms with E-state index in [-0.39, 0.29) is 102 Å². The van der Waals surface area contributed by atoms with Crippen molar-refractivity contribution in [3.05, 3.63) is 0 Å². The first kappa shape index (κ1) is 246. The largest absolute Gasteiger partial charge is 3.00 e. The van der Waals surface area contributed by atoms with Gasteiger partial charge in [-0.05, 0) is 0 Å². The molecule has 0 rings (SSSR count). The second kappa shape index (κ2) is 182. The Balaban J connectivity index is 0. The van der Waals surface area contributed by atoms with Crippen LogP contribution in [0.3, 0.4) is 0 Å². The molecule has 66 valence electrons. The molecule has 0 saturated carbocycles. The van der Waals surface area contributed by atoms with Crippen molar-refractivity contribution in [2.45, 2.75) is 0 Å². The Morgan fingerprint density at radius 1 is 0.333 bits per heavy atom. The first-order valence-corrected chi connectivity index (χ1v) is 0. The first-order valence-electron chi connectivity index (χ1n) is 0. The molecule has 5 nitrogen and oxygen atoms in total. The van der Waals surface area contributed by atoms with Crippen LogP contribution in [-0.2, 0) is 102 Å². The van der Waals surface area contributed by atoms with Crippen molar-refractivity contribution in [1.82, 2.24) is 0 Å². The van der Waals surface area contributed by atoms with Gasteiger partial charge in [0.2, 0.25) is 0 Å². The van der Waals surface area contributed by atoms with Gasteiger partial charge in [0.1, 0.15) is 0 Å². The van der Waals surface area contributed by atoms with Crippen molar-refractivity contribution in [3.63, 3.8) is 0 Å². The van der Waals surface area contributed by atoms with Crippen molar-refractivity contribution in [2.24, 2.45) is 0 Å². The van der Waals surface area contributed by atoms with Gasteiger partial charge in [-0.1, -0.05) is 0 Å². The zero-order chi connectivity index (χ0) is 0. The summed E-state index contributed by atoms with van der Waals surface area (Å²) in [5.74, 6) is 0. The molecule has 0 N–H and O–H groups in total. The third-order valence-corrected chi connectivity index (χ3v) is 0. The topological polar surface area (TPSA) is 142 Å². The Labute approximate surface area is 102 Å². The van der Waals surface area contributed by atoms with Gasteiger partial charge in [0.15, 0.2) is 0 Å². The standard InChI is InChI=1S/2Fe.5O.2Pd/q2*+3;5*-2;2*+2. The molecule has 0 aliphatic carbocycles. The molecule has 0 aliphatic rings. The van der Waals surface area contributed by atoms with Crippen LogP contribution in [0.2, 0.25) is 0 Å². The molecule has 0 aromatic rings. The van der Waals surface area contributed by atoms with Gasteiger partial charge in [-0.25, -0.2) is 0 Å². The number of hydrogen-bond acceptors (Lipinski definition) is 0. The summed E-state index contributed by atoms with van der Waals surface area (Å²) in [6.45, 7) is 0. The Morgan fingerprint density at radius 2 is 0.333 bits per heavy atom. The Bertz CT molecular complexity index is 12.9. The van der Waals surface area contributed by atoms with E-state index in [1.54, 1.807) is 0 Å². The minimum absolute atomic E-state index is 0. The first-order chi connectivity index (χ1) is 0. The van der Waals surface area contributed by atoms with Crippen LogP contribution in [0.15, 0.2) is 0 Å². The normalized spacial score (nSPS) is 0. The van der Waals surface area contributed by atoms with E-state index in [0.29, 0.717) is 0 Å². The second-order valence-corrected chi connectivity index (χ2v) is 0. The molecule has 0 fully saturated rings. The van der Waals surface area contributed by atoms with Crippen LogP contribution in [0.5, 0.6) is 0 Å². The minimum Gasteiger partial charge on any atom is -2.00 e. The van der Waals surface area contributed by atoms with Crippen LogP contribution < -0.4 is 0 Å². The van der Waals surface area contributed by atoms with Crippen LogP contribution in [0.4, 0.5) is 0 Å². The van der Waals surface area contributed by atoms with Gasteiger partial charge in [-0.2, -0.15) is 0 Å². The van der Waals surface area contributed by atoms with E-state index in [1.165, 1.54) is 0 Å². The summed E-state index contributed by atoms with van der Waals surface area (Å²) in [6, 6.07) is 0. The molecule has 9 heteroatoms. The Hall–Kier alpha value is 2.16. The van der Waals surface area contributed by atoms with E-state index < -0.39 is 0 Å². The summed E-state index contributed by atoms with van der Waals surface area (Å²) in [5, 5.41) is 0. The van der Waals surface area contributed by atoms with Gasteiger partial charge in [0.05, 0.1) is 0 Å². The second-order valence-electron chi connectivity index (χ2n) is 0. The summed E-state index contributed by atoms with van der Waals surface area (Å²) in [4.78, 5) is 0. The van der Waals surface area contributed by atoms with Crippen LogP contribution in [0.1, 0.15) is 0 Å². The van der Waals surface area contributed by atoms with Gasteiger partial charge >= 0.3 is 75.0 Å². The molecular formula is Fe2O5Pd2. The monoisotopic (exact) mass is 404 g/mol. The van der Waals surface area contributed by atoms with Gasteiger partial charge in [-0.15, -0.1) is 0 Å². The molecule has 0 bridgehead atoms. The summed E-state index contributed by atoms with van der Waals surface area (Å²) in [6.07, 6.45) is 0. The van der Waals surface area contributed by atoms with Crippen molar-refractivity contribution >= 4 is 0 Å². The van der Waals surface area contributed by atoms with E-state index in [9.17, 15) is 0 Å². The molecule has 0 atom stereocenters. The van der Waals surface area contributed by atoms with Crippen LogP contribution in [0, 0.1) is 0 Å². The third-order valence-electron chi connectivity index (χ3n) is 0. The van der Waals surface area contributed by atoms with Crippen molar-refractivity contribution in [1.29, 1.82) is 0 Å². The average Bonchev–Trinajstić information content (AvgIpc) is 0. The van der Waals surface area contributed by atoms with E-state index in [0.717, 1.165) is 0 Å². The number of rotatable bonds is 0. The smallest absolute Gasteiger partial charge is 2.00 e. The molecule has 0 aromatic heterocycles. The molecule has 0 amide bonds. The molecule has 9 heavy (non-hydrogen) atoms. The van der Waals surface area contributed by atoms with E-state index in [1.807, 2.05) is 0 Å². The maximum absolute atomic E-state index is 0. The zero-order valence-electron chi connectivity index (χ0n) is 3.38. The average molecular weight is 405 g/mol. The fourth-order valence-corrected chi connectivity index (χ4v) is 0. The van der Waals surface area contributed by atoms with Crippen LogP contribution in [0.25, 0.3) is 0 Å². The van der Waals surface area contributed by atoms with Gasteiger partial charge < -0.3 is 27.4 Å². The molecular weight excluding hydrogens is 405 g/mol. The maximum atomic E-state index is 0. The van der Waals surface area contributed by atoms with Crippen molar-refractivity contribution < 1.29 is 102 Å². The van der Waals surface area contributed by atoms with Gasteiger partial charge in [0, 0.05) is 0 Å². The predicted octanol–water partition coefficient (Wildman–Crippen LogP) is -0.604. The van der Waals surface area contributed by atoms with Gasteiger partial charge in [-0.3, -0.25) is 0 Å². The fourth-order valence-electron chi connectivity index (χ4n) is 0. The molecule has 0 saturated heterocycles. The summed E-state index contributed by atoms with van der Waals surface area (Å²) >= 11 is 0. The van der Waals surface area contributed by atoms with Crippen molar-refractivity contribution in [3.8, 4) is 0 Å². The summed E-state index contributed by atoms with van der Waals surface area (Å²) in [5.41, 5.74) is 0. The predicted molar refractivity (Wildman–Crippen MR) is 3.43 cm³/mol. The van der Waals surface area contributed by atoms with E-state index in [4.69, 9.17) is 0 Å². The molecule has 0 heterocycles.